The van der Waals surface area contributed by atoms with Crippen molar-refractivity contribution in [3.8, 4) is 34.5 Å². The van der Waals surface area contributed by atoms with Crippen molar-refractivity contribution in [2.75, 3.05) is 0 Å². The maximum Gasteiger partial charge on any atom is 0.153 e. The third-order valence-electron chi connectivity index (χ3n) is 5.74. The van der Waals surface area contributed by atoms with E-state index in [1.54, 1.807) is 6.26 Å². The van der Waals surface area contributed by atoms with Gasteiger partial charge in [0.05, 0.1) is 17.5 Å². The molecule has 0 spiro atoms. The van der Waals surface area contributed by atoms with Crippen LogP contribution in [0.15, 0.2) is 107 Å². The molecule has 0 saturated carbocycles. The number of rotatable bonds is 5. The lowest BCUT2D eigenvalue weighted by Crippen LogP contribution is -1.94. The lowest BCUT2D eigenvalue weighted by molar-refractivity contribution is 0.580. The predicted octanol–water partition coefficient (Wildman–Crippen LogP) is 7.47. The molecule has 0 bridgehead atoms. The lowest BCUT2D eigenvalue weighted by Gasteiger charge is -2.05. The van der Waals surface area contributed by atoms with Crippen molar-refractivity contribution in [1.82, 2.24) is 14.8 Å². The molecule has 0 unspecified atom stereocenters. The van der Waals surface area contributed by atoms with Crippen LogP contribution in [0.25, 0.3) is 50.8 Å². The molecule has 0 saturated heterocycles. The minimum Gasteiger partial charge on any atom is -0.463 e. The molecular formula is C29H18N4OS. The minimum atomic E-state index is 0.474. The van der Waals surface area contributed by atoms with Gasteiger partial charge in [0.2, 0.25) is 0 Å². The van der Waals surface area contributed by atoms with Crippen LogP contribution in [0.2, 0.25) is 0 Å². The van der Waals surface area contributed by atoms with Crippen LogP contribution in [0.4, 0.5) is 0 Å². The van der Waals surface area contributed by atoms with Crippen LogP contribution in [0.5, 0.6) is 0 Å². The summed E-state index contributed by atoms with van der Waals surface area (Å²) in [5.74, 6) is 0.679. The number of thiazole rings is 1. The quantitative estimate of drug-likeness (QED) is 0.245. The van der Waals surface area contributed by atoms with Crippen molar-refractivity contribution in [3.05, 3.63) is 113 Å². The second-order valence-corrected chi connectivity index (χ2v) is 8.78. The standard InChI is InChI=1S/C29H18N4OS/c30-17-21(29-31-26(19-35-29)27-14-7-15-34-27)16-22-18-33(23-10-2-1-3-11-23)32-28(22)25-13-6-9-20-8-4-5-12-24(20)25/h1-16,18-19H/b21-16+. The number of furan rings is 1. The molecule has 3 aromatic heterocycles. The Morgan fingerprint density at radius 3 is 2.60 bits per heavy atom. The highest BCUT2D eigenvalue weighted by molar-refractivity contribution is 7.11. The number of allylic oxidation sites excluding steroid dienone is 1. The van der Waals surface area contributed by atoms with E-state index in [0.29, 0.717) is 22.0 Å². The van der Waals surface area contributed by atoms with Crippen LogP contribution in [-0.2, 0) is 0 Å². The summed E-state index contributed by atoms with van der Waals surface area (Å²) in [6.07, 6.45) is 5.45. The average molecular weight is 471 g/mol. The van der Waals surface area contributed by atoms with E-state index >= 15 is 0 Å². The Bertz CT molecular complexity index is 1700. The van der Waals surface area contributed by atoms with Crippen molar-refractivity contribution in [2.45, 2.75) is 0 Å². The zero-order valence-electron chi connectivity index (χ0n) is 18.5. The van der Waals surface area contributed by atoms with Gasteiger partial charge < -0.3 is 4.42 Å². The van der Waals surface area contributed by atoms with E-state index in [2.05, 4.69) is 35.3 Å². The minimum absolute atomic E-state index is 0.474. The summed E-state index contributed by atoms with van der Waals surface area (Å²) >= 11 is 1.42. The molecule has 166 valence electrons. The third-order valence-corrected chi connectivity index (χ3v) is 6.61. The normalized spacial score (nSPS) is 11.6. The van der Waals surface area contributed by atoms with Crippen LogP contribution in [0.3, 0.4) is 0 Å². The maximum absolute atomic E-state index is 10.0. The number of para-hydroxylation sites is 1. The number of nitriles is 1. The van der Waals surface area contributed by atoms with E-state index in [1.807, 2.05) is 83.0 Å². The zero-order valence-corrected chi connectivity index (χ0v) is 19.3. The van der Waals surface area contributed by atoms with Crippen molar-refractivity contribution in [3.63, 3.8) is 0 Å². The van der Waals surface area contributed by atoms with E-state index in [9.17, 15) is 5.26 Å². The second kappa shape index (κ2) is 8.90. The first-order chi connectivity index (χ1) is 17.3. The summed E-state index contributed by atoms with van der Waals surface area (Å²) in [5, 5.41) is 19.8. The fourth-order valence-corrected chi connectivity index (χ4v) is 4.85. The number of aromatic nitrogens is 3. The molecule has 0 radical (unpaired) electrons. The van der Waals surface area contributed by atoms with Crippen molar-refractivity contribution in [2.24, 2.45) is 0 Å². The molecule has 5 nitrogen and oxygen atoms in total. The molecule has 6 aromatic rings. The first-order valence-corrected chi connectivity index (χ1v) is 11.9. The Morgan fingerprint density at radius 2 is 1.77 bits per heavy atom. The van der Waals surface area contributed by atoms with E-state index < -0.39 is 0 Å². The first-order valence-electron chi connectivity index (χ1n) is 11.0. The monoisotopic (exact) mass is 470 g/mol. The van der Waals surface area contributed by atoms with Gasteiger partial charge in [0.1, 0.15) is 22.5 Å². The fourth-order valence-electron chi connectivity index (χ4n) is 4.08. The Kier molecular flexibility index (Phi) is 5.30. The van der Waals surface area contributed by atoms with Crippen LogP contribution in [0.1, 0.15) is 10.6 Å². The van der Waals surface area contributed by atoms with Gasteiger partial charge in [-0.15, -0.1) is 11.3 Å². The van der Waals surface area contributed by atoms with Crippen molar-refractivity contribution < 1.29 is 4.42 Å². The Labute approximate surface area is 205 Å². The van der Waals surface area contributed by atoms with Gasteiger partial charge in [-0.05, 0) is 41.1 Å². The summed E-state index contributed by atoms with van der Waals surface area (Å²) in [7, 11) is 0. The van der Waals surface area contributed by atoms with E-state index in [1.165, 1.54) is 11.3 Å². The molecule has 0 N–H and O–H groups in total. The van der Waals surface area contributed by atoms with Gasteiger partial charge in [0.15, 0.2) is 5.76 Å². The summed E-state index contributed by atoms with van der Waals surface area (Å²) in [4.78, 5) is 4.64. The number of hydrogen-bond acceptors (Lipinski definition) is 5. The fraction of sp³-hybridized carbons (Fsp3) is 0. The van der Waals surface area contributed by atoms with Gasteiger partial charge in [-0.1, -0.05) is 60.7 Å². The highest BCUT2D eigenvalue weighted by atomic mass is 32.1. The molecule has 0 aliphatic carbocycles. The van der Waals surface area contributed by atoms with Crippen molar-refractivity contribution in [1.29, 1.82) is 5.26 Å². The molecule has 3 heterocycles. The Morgan fingerprint density at radius 1 is 0.943 bits per heavy atom. The topological polar surface area (TPSA) is 67.6 Å². The van der Waals surface area contributed by atoms with E-state index in [0.717, 1.165) is 33.3 Å². The molecule has 35 heavy (non-hydrogen) atoms. The second-order valence-electron chi connectivity index (χ2n) is 7.92. The highest BCUT2D eigenvalue weighted by Crippen LogP contribution is 2.34. The molecule has 6 heteroatoms. The zero-order chi connectivity index (χ0) is 23.6. The van der Waals surface area contributed by atoms with Gasteiger partial charge >= 0.3 is 0 Å². The van der Waals surface area contributed by atoms with Gasteiger partial charge in [0, 0.05) is 22.7 Å². The first kappa shape index (κ1) is 20.8. The maximum atomic E-state index is 10.0. The number of nitrogens with zero attached hydrogens (tertiary/aromatic N) is 4. The van der Waals surface area contributed by atoms with Gasteiger partial charge in [-0.25, -0.2) is 9.67 Å². The molecule has 0 aliphatic rings. The van der Waals surface area contributed by atoms with E-state index in [-0.39, 0.29) is 0 Å². The Balaban J connectivity index is 1.52. The lowest BCUT2D eigenvalue weighted by atomic mass is 9.99. The van der Waals surface area contributed by atoms with Crippen LogP contribution in [-0.4, -0.2) is 14.8 Å². The number of fused-ring (bicyclic) bond motifs is 1. The van der Waals surface area contributed by atoms with Crippen LogP contribution < -0.4 is 0 Å². The molecule has 6 rings (SSSR count). The molecule has 3 aromatic carbocycles. The number of benzene rings is 3. The molecule has 0 fully saturated rings. The summed E-state index contributed by atoms with van der Waals surface area (Å²) < 4.78 is 7.32. The SMILES string of the molecule is N#C/C(=C\c1cn(-c2ccccc2)nc1-c1cccc2ccccc12)c1nc(-c2ccco2)cs1. The molecular weight excluding hydrogens is 452 g/mol. The third kappa shape index (κ3) is 3.95. The smallest absolute Gasteiger partial charge is 0.153 e. The van der Waals surface area contributed by atoms with Gasteiger partial charge in [-0.2, -0.15) is 10.4 Å². The van der Waals surface area contributed by atoms with Gasteiger partial charge in [0.25, 0.3) is 0 Å². The predicted molar refractivity (Wildman–Crippen MR) is 140 cm³/mol. The van der Waals surface area contributed by atoms with Crippen molar-refractivity contribution >= 4 is 33.8 Å². The molecule has 0 atom stereocenters. The summed E-state index contributed by atoms with van der Waals surface area (Å²) in [5.41, 5.74) is 4.79. The number of hydrogen-bond donors (Lipinski definition) is 0. The summed E-state index contributed by atoms with van der Waals surface area (Å²) in [6.45, 7) is 0. The molecule has 0 aliphatic heterocycles. The summed E-state index contributed by atoms with van der Waals surface area (Å²) in [6, 6.07) is 30.4. The highest BCUT2D eigenvalue weighted by Gasteiger charge is 2.16. The Hall–Kier alpha value is -4.73. The average Bonchev–Trinajstić information content (AvgIpc) is 3.68. The van der Waals surface area contributed by atoms with Crippen LogP contribution in [0, 0.1) is 11.3 Å². The van der Waals surface area contributed by atoms with E-state index in [4.69, 9.17) is 9.52 Å². The largest absolute Gasteiger partial charge is 0.463 e. The molecule has 0 amide bonds. The van der Waals surface area contributed by atoms with Crippen LogP contribution >= 0.6 is 11.3 Å². The van der Waals surface area contributed by atoms with Gasteiger partial charge in [-0.3, -0.25) is 0 Å².